The number of benzene rings is 2. The molecule has 0 aliphatic heterocycles. The normalized spacial score (nSPS) is 11.0. The van der Waals surface area contributed by atoms with Gasteiger partial charge in [0.2, 0.25) is 5.91 Å². The van der Waals surface area contributed by atoms with Crippen LogP contribution in [0.4, 0.5) is 11.4 Å². The molecule has 0 radical (unpaired) electrons. The SMILES string of the molecule is CN(C)CC=CC(=O)Nc1cccc(CNC(=O)c2[nH]ncc2NC(=O)c2c(Cl)cccc2Cl)c1. The molecule has 35 heavy (non-hydrogen) atoms. The van der Waals surface area contributed by atoms with Crippen molar-refractivity contribution in [3.63, 3.8) is 0 Å². The molecule has 3 aromatic rings. The Kier molecular flexibility index (Phi) is 9.02. The van der Waals surface area contributed by atoms with Crippen molar-refractivity contribution in [1.82, 2.24) is 20.4 Å². The van der Waals surface area contributed by atoms with Crippen LogP contribution in [-0.2, 0) is 11.3 Å². The number of carbonyl (C=O) groups excluding carboxylic acids is 3. The molecule has 1 aromatic heterocycles. The van der Waals surface area contributed by atoms with Gasteiger partial charge in [-0.05, 0) is 43.9 Å². The first-order valence-electron chi connectivity index (χ1n) is 10.5. The largest absolute Gasteiger partial charge is 0.347 e. The second-order valence-electron chi connectivity index (χ2n) is 7.75. The van der Waals surface area contributed by atoms with Crippen LogP contribution in [0.3, 0.4) is 0 Å². The number of H-pyrrole nitrogens is 1. The number of halogens is 2. The van der Waals surface area contributed by atoms with Gasteiger partial charge in [-0.25, -0.2) is 0 Å². The summed E-state index contributed by atoms with van der Waals surface area (Å²) in [6.45, 7) is 0.836. The van der Waals surface area contributed by atoms with Crippen LogP contribution < -0.4 is 16.0 Å². The lowest BCUT2D eigenvalue weighted by Gasteiger charge is -2.10. The van der Waals surface area contributed by atoms with Gasteiger partial charge in [-0.1, -0.05) is 47.5 Å². The van der Waals surface area contributed by atoms with Gasteiger partial charge in [0.1, 0.15) is 5.69 Å². The predicted octanol–water partition coefficient (Wildman–Crippen LogP) is 3.96. The van der Waals surface area contributed by atoms with Crippen LogP contribution in [0.5, 0.6) is 0 Å². The number of likely N-dealkylation sites (N-methyl/N-ethyl adjacent to an activating group) is 1. The average molecular weight is 515 g/mol. The van der Waals surface area contributed by atoms with Gasteiger partial charge in [-0.2, -0.15) is 5.10 Å². The molecule has 4 N–H and O–H groups in total. The third-order valence-corrected chi connectivity index (χ3v) is 5.32. The van der Waals surface area contributed by atoms with Crippen molar-refractivity contribution < 1.29 is 14.4 Å². The van der Waals surface area contributed by atoms with Crippen LogP contribution in [0.1, 0.15) is 26.4 Å². The van der Waals surface area contributed by atoms with Crippen molar-refractivity contribution in [2.75, 3.05) is 31.3 Å². The van der Waals surface area contributed by atoms with E-state index >= 15 is 0 Å². The minimum atomic E-state index is -0.570. The Labute approximate surface area is 212 Å². The predicted molar refractivity (Wildman–Crippen MR) is 137 cm³/mol. The lowest BCUT2D eigenvalue weighted by atomic mass is 10.2. The number of nitrogens with zero attached hydrogens (tertiary/aromatic N) is 2. The van der Waals surface area contributed by atoms with Gasteiger partial charge in [-0.15, -0.1) is 0 Å². The van der Waals surface area contributed by atoms with Crippen LogP contribution in [-0.4, -0.2) is 53.5 Å². The maximum Gasteiger partial charge on any atom is 0.271 e. The van der Waals surface area contributed by atoms with Gasteiger partial charge >= 0.3 is 0 Å². The van der Waals surface area contributed by atoms with Crippen LogP contribution in [0, 0.1) is 0 Å². The standard InChI is InChI=1S/C24H24Cl2N6O3/c1-32(2)11-5-10-20(33)29-16-7-3-6-15(12-16)13-27-24(35)22-19(14-28-31-22)30-23(34)21-17(25)8-4-9-18(21)26/h3-10,12,14H,11,13H2,1-2H3,(H,27,35)(H,28,31)(H,29,33)(H,30,34). The molecule has 0 spiro atoms. The number of rotatable bonds is 9. The maximum absolute atomic E-state index is 12.7. The molecule has 0 saturated heterocycles. The minimum Gasteiger partial charge on any atom is -0.347 e. The number of aromatic amines is 1. The van der Waals surface area contributed by atoms with Crippen LogP contribution in [0.15, 0.2) is 60.8 Å². The lowest BCUT2D eigenvalue weighted by Crippen LogP contribution is -2.25. The number of nitrogens with one attached hydrogen (secondary N) is 4. The first-order valence-corrected chi connectivity index (χ1v) is 11.3. The zero-order chi connectivity index (χ0) is 25.4. The van der Waals surface area contributed by atoms with E-state index in [1.54, 1.807) is 42.5 Å². The third kappa shape index (κ3) is 7.41. The molecule has 0 unspecified atom stereocenters. The Morgan fingerprint density at radius 1 is 1.03 bits per heavy atom. The van der Waals surface area contributed by atoms with Crippen molar-refractivity contribution >= 4 is 52.3 Å². The highest BCUT2D eigenvalue weighted by Gasteiger charge is 2.19. The van der Waals surface area contributed by atoms with Crippen molar-refractivity contribution in [3.8, 4) is 0 Å². The summed E-state index contributed by atoms with van der Waals surface area (Å²) in [7, 11) is 3.82. The first-order chi connectivity index (χ1) is 16.7. The zero-order valence-electron chi connectivity index (χ0n) is 19.1. The topological polar surface area (TPSA) is 119 Å². The van der Waals surface area contributed by atoms with Gasteiger partial charge < -0.3 is 20.9 Å². The Morgan fingerprint density at radius 3 is 2.46 bits per heavy atom. The Morgan fingerprint density at radius 2 is 1.74 bits per heavy atom. The molecule has 0 atom stereocenters. The fourth-order valence-electron chi connectivity index (χ4n) is 3.04. The summed E-state index contributed by atoms with van der Waals surface area (Å²) in [5.41, 5.74) is 1.70. The minimum absolute atomic E-state index is 0.0667. The Hall–Kier alpha value is -3.66. The average Bonchev–Trinajstić information content (AvgIpc) is 3.25. The fraction of sp³-hybridized carbons (Fsp3) is 0.167. The quantitative estimate of drug-likeness (QED) is 0.322. The van der Waals surface area contributed by atoms with Crippen molar-refractivity contribution in [3.05, 3.63) is 87.7 Å². The monoisotopic (exact) mass is 514 g/mol. The van der Waals surface area contributed by atoms with E-state index in [0.717, 1.165) is 5.56 Å². The van der Waals surface area contributed by atoms with Gasteiger partial charge in [0, 0.05) is 24.9 Å². The van der Waals surface area contributed by atoms with Crippen LogP contribution >= 0.6 is 23.2 Å². The molecule has 11 heteroatoms. The highest BCUT2D eigenvalue weighted by Crippen LogP contribution is 2.25. The van der Waals surface area contributed by atoms with Gasteiger partial charge in [0.15, 0.2) is 0 Å². The Balaban J connectivity index is 1.61. The molecular weight excluding hydrogens is 491 g/mol. The maximum atomic E-state index is 12.7. The van der Waals surface area contributed by atoms with E-state index < -0.39 is 11.8 Å². The molecule has 9 nitrogen and oxygen atoms in total. The van der Waals surface area contributed by atoms with Crippen molar-refractivity contribution in [2.45, 2.75) is 6.54 Å². The molecule has 3 rings (SSSR count). The van der Waals surface area contributed by atoms with E-state index in [-0.39, 0.29) is 39.4 Å². The molecule has 182 valence electrons. The van der Waals surface area contributed by atoms with Crippen molar-refractivity contribution in [2.24, 2.45) is 0 Å². The molecule has 0 aliphatic carbocycles. The van der Waals surface area contributed by atoms with E-state index in [9.17, 15) is 14.4 Å². The molecule has 0 fully saturated rings. The van der Waals surface area contributed by atoms with E-state index in [0.29, 0.717) is 12.2 Å². The third-order valence-electron chi connectivity index (χ3n) is 4.69. The number of hydrogen-bond acceptors (Lipinski definition) is 5. The molecule has 3 amide bonds. The molecule has 0 aliphatic rings. The summed E-state index contributed by atoms with van der Waals surface area (Å²) < 4.78 is 0. The number of aromatic nitrogens is 2. The summed E-state index contributed by atoms with van der Waals surface area (Å²) in [6, 6.07) is 11.8. The molecular formula is C24H24Cl2N6O3. The summed E-state index contributed by atoms with van der Waals surface area (Å²) in [6.07, 6.45) is 4.55. The summed E-state index contributed by atoms with van der Waals surface area (Å²) in [4.78, 5) is 39.3. The molecule has 2 aromatic carbocycles. The van der Waals surface area contributed by atoms with E-state index in [1.807, 2.05) is 25.1 Å². The zero-order valence-corrected chi connectivity index (χ0v) is 20.6. The summed E-state index contributed by atoms with van der Waals surface area (Å²) >= 11 is 12.2. The van der Waals surface area contributed by atoms with Crippen LogP contribution in [0.25, 0.3) is 0 Å². The van der Waals surface area contributed by atoms with E-state index in [2.05, 4.69) is 26.1 Å². The fourth-order valence-corrected chi connectivity index (χ4v) is 3.61. The number of carbonyl (C=O) groups is 3. The van der Waals surface area contributed by atoms with Gasteiger partial charge in [0.25, 0.3) is 11.8 Å². The highest BCUT2D eigenvalue weighted by atomic mass is 35.5. The van der Waals surface area contributed by atoms with Gasteiger partial charge in [0.05, 0.1) is 27.5 Å². The van der Waals surface area contributed by atoms with E-state index in [4.69, 9.17) is 23.2 Å². The second kappa shape index (κ2) is 12.2. The Bertz CT molecular complexity index is 1240. The van der Waals surface area contributed by atoms with Crippen LogP contribution in [0.2, 0.25) is 10.0 Å². The summed E-state index contributed by atoms with van der Waals surface area (Å²) in [5, 5.41) is 14.9. The number of hydrogen-bond donors (Lipinski definition) is 4. The first kappa shape index (κ1) is 26.0. The molecule has 0 bridgehead atoms. The second-order valence-corrected chi connectivity index (χ2v) is 8.56. The molecule has 1 heterocycles. The highest BCUT2D eigenvalue weighted by molar-refractivity contribution is 6.40. The van der Waals surface area contributed by atoms with Crippen molar-refractivity contribution in [1.29, 1.82) is 0 Å². The van der Waals surface area contributed by atoms with Gasteiger partial charge in [-0.3, -0.25) is 19.5 Å². The summed E-state index contributed by atoms with van der Waals surface area (Å²) in [5.74, 6) is -1.30. The number of amides is 3. The molecule has 0 saturated carbocycles. The lowest BCUT2D eigenvalue weighted by molar-refractivity contribution is -0.111. The smallest absolute Gasteiger partial charge is 0.271 e. The number of anilines is 2. The van der Waals surface area contributed by atoms with E-state index in [1.165, 1.54) is 12.3 Å².